The summed E-state index contributed by atoms with van der Waals surface area (Å²) in [4.78, 5) is 0. The van der Waals surface area contributed by atoms with Gasteiger partial charge in [-0.3, -0.25) is 0 Å². The van der Waals surface area contributed by atoms with Crippen LogP contribution < -0.4 is 0 Å². The molecule has 0 aliphatic heterocycles. The maximum absolute atomic E-state index is 2.63. The standard InChI is InChI=1S/C92H59N5/c1-3-23-58(24-4-1)62-47-63(59-25-5-2-6-26-59)49-68(48-62)97-89-54-64(66-50-69(93-81-35-15-7-27-73(81)74-28-8-16-36-82(74)93)56-70(51-66)94-83-37-17-9-29-75(83)76-30-10-18-38-84(76)94)45-60-43-44-61-46-65(55-90(97)92(61)91(60)89)67-52-71(95-85-39-19-11-31-77(85)78-32-12-20-40-86(78)95)57-72(53-67)96-87-41-21-13-33-79(87)80-34-14-22-42-88(80)96/h1-42,45-57H,43-44H2. The van der Waals surface area contributed by atoms with Crippen LogP contribution in [0.15, 0.2) is 334 Å². The zero-order valence-corrected chi connectivity index (χ0v) is 52.9. The molecule has 5 aromatic heterocycles. The molecule has 0 unspecified atom stereocenters. The Hall–Kier alpha value is -12.7. The van der Waals surface area contributed by atoms with Crippen LogP contribution in [-0.2, 0) is 12.8 Å². The highest BCUT2D eigenvalue weighted by molar-refractivity contribution is 6.17. The Morgan fingerprint density at radius 2 is 0.361 bits per heavy atom. The minimum absolute atomic E-state index is 0.888. The SMILES string of the molecule is c1ccc(-c2cc(-c3ccccc3)cc(-n3c4cc(-c5cc(-n6c7ccccc7c7ccccc76)cc(-n6c7ccccc7c7ccccc76)c5)cc5c4c4c(cc(-c6cc(-n7c8ccccc8c8ccccc87)cc(-n7c8ccccc8c8ccccc87)c6)cc43)CC5)c2)cc1. The molecule has 0 amide bonds. The maximum Gasteiger partial charge on any atom is 0.0550 e. The fourth-order valence-corrected chi connectivity index (χ4v) is 16.9. The summed E-state index contributed by atoms with van der Waals surface area (Å²) in [7, 11) is 0. The normalized spacial score (nSPS) is 12.5. The molecule has 452 valence electrons. The van der Waals surface area contributed by atoms with E-state index < -0.39 is 0 Å². The van der Waals surface area contributed by atoms with Crippen LogP contribution in [0.1, 0.15) is 11.1 Å². The third-order valence-corrected chi connectivity index (χ3v) is 21.0. The molecule has 0 saturated heterocycles. The third kappa shape index (κ3) is 8.13. The fraction of sp³-hybridized carbons (Fsp3) is 0.0217. The van der Waals surface area contributed by atoms with Crippen molar-refractivity contribution in [1.82, 2.24) is 22.8 Å². The topological polar surface area (TPSA) is 24.6 Å². The van der Waals surface area contributed by atoms with E-state index in [2.05, 4.69) is 356 Å². The summed E-state index contributed by atoms with van der Waals surface area (Å²) in [5, 5.41) is 12.5. The number of nitrogens with zero attached hydrogens (tertiary/aromatic N) is 5. The molecule has 5 nitrogen and oxygen atoms in total. The van der Waals surface area contributed by atoms with Gasteiger partial charge in [-0.1, -0.05) is 218 Å². The Kier molecular flexibility index (Phi) is 11.6. The Balaban J connectivity index is 0.866. The molecule has 0 fully saturated rings. The number of aryl methyl sites for hydroxylation is 2. The van der Waals surface area contributed by atoms with E-state index in [1.165, 1.54) is 154 Å². The van der Waals surface area contributed by atoms with E-state index in [0.29, 0.717) is 0 Å². The number of para-hydroxylation sites is 8. The van der Waals surface area contributed by atoms with E-state index in [1.807, 2.05) is 0 Å². The highest BCUT2D eigenvalue weighted by atomic mass is 15.0. The van der Waals surface area contributed by atoms with Crippen LogP contribution in [0.3, 0.4) is 0 Å². The molecule has 1 aliphatic rings. The maximum atomic E-state index is 2.63. The summed E-state index contributed by atoms with van der Waals surface area (Å²) in [6, 6.07) is 125. The van der Waals surface area contributed by atoms with E-state index in [1.54, 1.807) is 0 Å². The van der Waals surface area contributed by atoms with Gasteiger partial charge in [0.25, 0.3) is 0 Å². The van der Waals surface area contributed by atoms with Crippen molar-refractivity contribution < 1.29 is 0 Å². The predicted molar refractivity (Wildman–Crippen MR) is 407 cm³/mol. The van der Waals surface area contributed by atoms with Crippen LogP contribution in [0, 0.1) is 0 Å². The summed E-state index contributed by atoms with van der Waals surface area (Å²) in [5.41, 5.74) is 29.4. The number of fused-ring (bicyclic) bond motifs is 12. The molecule has 5 heterocycles. The molecule has 20 aromatic rings. The van der Waals surface area contributed by atoms with Gasteiger partial charge in [-0.05, 0) is 184 Å². The molecule has 1 aliphatic carbocycles. The van der Waals surface area contributed by atoms with Crippen molar-refractivity contribution in [1.29, 1.82) is 0 Å². The molecule has 21 rings (SSSR count). The van der Waals surface area contributed by atoms with Crippen LogP contribution in [-0.4, -0.2) is 22.8 Å². The summed E-state index contributed by atoms with van der Waals surface area (Å²) >= 11 is 0. The predicted octanol–water partition coefficient (Wildman–Crippen LogP) is 23.9. The second-order valence-electron chi connectivity index (χ2n) is 26.4. The lowest BCUT2D eigenvalue weighted by atomic mass is 9.87. The lowest BCUT2D eigenvalue weighted by molar-refractivity contribution is 0.970. The van der Waals surface area contributed by atoms with Gasteiger partial charge in [0.2, 0.25) is 0 Å². The number of hydrogen-bond acceptors (Lipinski definition) is 0. The van der Waals surface area contributed by atoms with E-state index >= 15 is 0 Å². The smallest absolute Gasteiger partial charge is 0.0550 e. The highest BCUT2D eigenvalue weighted by Gasteiger charge is 2.27. The summed E-state index contributed by atoms with van der Waals surface area (Å²) < 4.78 is 12.6. The molecular weight excluding hydrogens is 1180 g/mol. The van der Waals surface area contributed by atoms with Crippen molar-refractivity contribution in [2.24, 2.45) is 0 Å². The number of benzene rings is 15. The van der Waals surface area contributed by atoms with Crippen molar-refractivity contribution in [2.45, 2.75) is 12.8 Å². The van der Waals surface area contributed by atoms with E-state index in [0.717, 1.165) is 52.4 Å². The Morgan fingerprint density at radius 1 is 0.155 bits per heavy atom. The first-order valence-corrected chi connectivity index (χ1v) is 33.8. The average Bonchev–Trinajstić information content (AvgIpc) is 1.61. The number of aromatic nitrogens is 5. The van der Waals surface area contributed by atoms with E-state index in [4.69, 9.17) is 0 Å². The second-order valence-corrected chi connectivity index (χ2v) is 26.4. The van der Waals surface area contributed by atoms with E-state index in [-0.39, 0.29) is 0 Å². The van der Waals surface area contributed by atoms with Gasteiger partial charge in [-0.25, -0.2) is 0 Å². The molecule has 15 aromatic carbocycles. The third-order valence-electron chi connectivity index (χ3n) is 21.0. The van der Waals surface area contributed by atoms with Crippen LogP contribution in [0.4, 0.5) is 0 Å². The van der Waals surface area contributed by atoms with Gasteiger partial charge >= 0.3 is 0 Å². The first-order chi connectivity index (χ1) is 48.1. The van der Waals surface area contributed by atoms with Gasteiger partial charge in [0.1, 0.15) is 0 Å². The second kappa shape index (κ2) is 20.9. The van der Waals surface area contributed by atoms with Gasteiger partial charge in [0, 0.05) is 82.3 Å². The van der Waals surface area contributed by atoms with Crippen LogP contribution >= 0.6 is 0 Å². The zero-order chi connectivity index (χ0) is 63.4. The van der Waals surface area contributed by atoms with E-state index in [9.17, 15) is 0 Å². The highest BCUT2D eigenvalue weighted by Crippen LogP contribution is 2.48. The summed E-state index contributed by atoms with van der Waals surface area (Å²) in [6.45, 7) is 0. The van der Waals surface area contributed by atoms with Crippen LogP contribution in [0.25, 0.3) is 182 Å². The summed E-state index contributed by atoms with van der Waals surface area (Å²) in [5.74, 6) is 0. The van der Waals surface area contributed by atoms with Crippen LogP contribution in [0.5, 0.6) is 0 Å². The fourth-order valence-electron chi connectivity index (χ4n) is 16.9. The Labute approximate surface area is 559 Å². The van der Waals surface area contributed by atoms with Gasteiger partial charge in [0.15, 0.2) is 0 Å². The molecule has 97 heavy (non-hydrogen) atoms. The number of hydrogen-bond donors (Lipinski definition) is 0. The Morgan fingerprint density at radius 3 is 0.629 bits per heavy atom. The van der Waals surface area contributed by atoms with Crippen molar-refractivity contribution in [3.05, 3.63) is 345 Å². The van der Waals surface area contributed by atoms with Gasteiger partial charge in [-0.2, -0.15) is 0 Å². The zero-order valence-electron chi connectivity index (χ0n) is 52.9. The summed E-state index contributed by atoms with van der Waals surface area (Å²) in [6.07, 6.45) is 1.78. The molecule has 0 radical (unpaired) electrons. The van der Waals surface area contributed by atoms with Gasteiger partial charge in [-0.15, -0.1) is 0 Å². The first-order valence-electron chi connectivity index (χ1n) is 33.8. The number of rotatable bonds is 9. The Bertz CT molecular complexity index is 5810. The monoisotopic (exact) mass is 1230 g/mol. The minimum atomic E-state index is 0.888. The van der Waals surface area contributed by atoms with Crippen molar-refractivity contribution in [2.75, 3.05) is 0 Å². The van der Waals surface area contributed by atoms with Crippen molar-refractivity contribution in [3.63, 3.8) is 0 Å². The minimum Gasteiger partial charge on any atom is -0.309 e. The van der Waals surface area contributed by atoms with Crippen LogP contribution in [0.2, 0.25) is 0 Å². The van der Waals surface area contributed by atoms with Gasteiger partial charge in [0.05, 0.1) is 55.2 Å². The van der Waals surface area contributed by atoms with Crippen molar-refractivity contribution in [3.8, 4) is 72.9 Å². The molecule has 0 N–H and O–H groups in total. The first kappa shape index (κ1) is 53.8. The molecule has 5 heteroatoms. The molecule has 0 atom stereocenters. The molecular formula is C92H59N5. The molecule has 0 spiro atoms. The lowest BCUT2D eigenvalue weighted by Crippen LogP contribution is -2.02. The average molecular weight is 1230 g/mol. The van der Waals surface area contributed by atoms with Crippen molar-refractivity contribution >= 4 is 109 Å². The molecule has 0 bridgehead atoms. The van der Waals surface area contributed by atoms with Gasteiger partial charge < -0.3 is 22.8 Å². The lowest BCUT2D eigenvalue weighted by Gasteiger charge is -2.19. The molecule has 0 saturated carbocycles. The quantitative estimate of drug-likeness (QED) is 0.138. The largest absolute Gasteiger partial charge is 0.309 e.